The molecule has 0 saturated carbocycles. The fourth-order valence-electron chi connectivity index (χ4n) is 3.58. The first-order valence-corrected chi connectivity index (χ1v) is 8.93. The van der Waals surface area contributed by atoms with Gasteiger partial charge in [0.05, 0.1) is 18.9 Å². The van der Waals surface area contributed by atoms with Gasteiger partial charge in [-0.3, -0.25) is 14.5 Å². The first-order valence-electron chi connectivity index (χ1n) is 8.55. The van der Waals surface area contributed by atoms with E-state index in [1.54, 1.807) is 0 Å². The van der Waals surface area contributed by atoms with E-state index in [1.807, 2.05) is 24.3 Å². The first kappa shape index (κ1) is 17.2. The van der Waals surface area contributed by atoms with E-state index < -0.39 is 0 Å². The second-order valence-corrected chi connectivity index (χ2v) is 7.12. The molecule has 8 heteroatoms. The summed E-state index contributed by atoms with van der Waals surface area (Å²) >= 11 is 5.95. The van der Waals surface area contributed by atoms with Crippen molar-refractivity contribution in [3.63, 3.8) is 0 Å². The summed E-state index contributed by atoms with van der Waals surface area (Å²) in [7, 11) is 0. The summed E-state index contributed by atoms with van der Waals surface area (Å²) in [6.07, 6.45) is 3.29. The summed E-state index contributed by atoms with van der Waals surface area (Å²) in [5.74, 6) is -0.277. The number of amides is 1. The van der Waals surface area contributed by atoms with Crippen molar-refractivity contribution >= 4 is 17.5 Å². The van der Waals surface area contributed by atoms with Crippen LogP contribution in [0.4, 0.5) is 0 Å². The maximum absolute atomic E-state index is 12.3. The van der Waals surface area contributed by atoms with Crippen LogP contribution in [0.2, 0.25) is 5.02 Å². The molecule has 2 N–H and O–H groups in total. The van der Waals surface area contributed by atoms with Crippen molar-refractivity contribution in [3.8, 4) is 0 Å². The van der Waals surface area contributed by atoms with Crippen molar-refractivity contribution in [3.05, 3.63) is 63.3 Å². The molecule has 3 atom stereocenters. The molecule has 26 heavy (non-hydrogen) atoms. The van der Waals surface area contributed by atoms with Gasteiger partial charge >= 0.3 is 0 Å². The Kier molecular flexibility index (Phi) is 4.76. The zero-order valence-corrected chi connectivity index (χ0v) is 14.8. The van der Waals surface area contributed by atoms with Gasteiger partial charge in [-0.1, -0.05) is 23.7 Å². The SMILES string of the molecule is O=C(N[C@@H]1C[C@H]2CO[C@@H](c3ccc(Cl)cc3)CN2C1)c1c[nH]c(=O)cn1. The highest BCUT2D eigenvalue weighted by atomic mass is 35.5. The molecule has 1 aromatic heterocycles. The van der Waals surface area contributed by atoms with Gasteiger partial charge in [-0.2, -0.15) is 0 Å². The maximum Gasteiger partial charge on any atom is 0.271 e. The molecule has 0 unspecified atom stereocenters. The number of halogens is 1. The number of carbonyl (C=O) groups is 1. The lowest BCUT2D eigenvalue weighted by Gasteiger charge is -2.35. The average molecular weight is 375 g/mol. The molecular formula is C18H19ClN4O3. The average Bonchev–Trinajstić information content (AvgIpc) is 3.04. The van der Waals surface area contributed by atoms with Gasteiger partial charge in [0, 0.05) is 36.4 Å². The number of fused-ring (bicyclic) bond motifs is 1. The standard InChI is InChI=1S/C18H19ClN4O3/c19-12-3-1-11(2-4-12)16-9-23-8-13(5-14(23)10-26-16)22-18(25)15-6-21-17(24)7-20-15/h1-4,6-7,13-14,16H,5,8-10H2,(H,21,24)(H,22,25)/t13-,14+,16-/m1/s1. The van der Waals surface area contributed by atoms with Crippen LogP contribution < -0.4 is 10.9 Å². The minimum Gasteiger partial charge on any atom is -0.371 e. The molecule has 1 aromatic carbocycles. The molecule has 0 bridgehead atoms. The molecule has 7 nitrogen and oxygen atoms in total. The van der Waals surface area contributed by atoms with Gasteiger partial charge in [-0.25, -0.2) is 4.98 Å². The number of ether oxygens (including phenoxy) is 1. The van der Waals surface area contributed by atoms with Crippen LogP contribution in [0.15, 0.2) is 41.5 Å². The topological polar surface area (TPSA) is 87.3 Å². The largest absolute Gasteiger partial charge is 0.371 e. The van der Waals surface area contributed by atoms with Crippen LogP contribution in [0.5, 0.6) is 0 Å². The number of carbonyl (C=O) groups excluding carboxylic acids is 1. The van der Waals surface area contributed by atoms with Crippen LogP contribution in [-0.2, 0) is 4.74 Å². The molecule has 2 aromatic rings. The predicted octanol–water partition coefficient (Wildman–Crippen LogP) is 1.37. The Morgan fingerprint density at radius 2 is 2.12 bits per heavy atom. The fraction of sp³-hybridized carbons (Fsp3) is 0.389. The molecule has 2 aliphatic rings. The lowest BCUT2D eigenvalue weighted by atomic mass is 10.1. The smallest absolute Gasteiger partial charge is 0.271 e. The number of nitrogens with zero attached hydrogens (tertiary/aromatic N) is 2. The van der Waals surface area contributed by atoms with E-state index >= 15 is 0 Å². The lowest BCUT2D eigenvalue weighted by molar-refractivity contribution is -0.0502. The number of hydrogen-bond acceptors (Lipinski definition) is 5. The van der Waals surface area contributed by atoms with E-state index in [9.17, 15) is 9.59 Å². The number of H-pyrrole nitrogens is 1. The van der Waals surface area contributed by atoms with Gasteiger partial charge in [-0.15, -0.1) is 0 Å². The van der Waals surface area contributed by atoms with E-state index in [-0.39, 0.29) is 29.3 Å². The van der Waals surface area contributed by atoms with E-state index in [0.717, 1.165) is 31.3 Å². The minimum absolute atomic E-state index is 0.0128. The van der Waals surface area contributed by atoms with Crippen molar-refractivity contribution in [1.29, 1.82) is 0 Å². The van der Waals surface area contributed by atoms with Crippen LogP contribution in [0.1, 0.15) is 28.6 Å². The minimum atomic E-state index is -0.329. The van der Waals surface area contributed by atoms with Crippen LogP contribution in [0.3, 0.4) is 0 Å². The van der Waals surface area contributed by atoms with Crippen molar-refractivity contribution in [2.45, 2.75) is 24.6 Å². The Morgan fingerprint density at radius 1 is 1.31 bits per heavy atom. The quantitative estimate of drug-likeness (QED) is 0.847. The fourth-order valence-corrected chi connectivity index (χ4v) is 3.71. The molecule has 2 aliphatic heterocycles. The van der Waals surface area contributed by atoms with E-state index in [2.05, 4.69) is 20.2 Å². The second-order valence-electron chi connectivity index (χ2n) is 6.68. The van der Waals surface area contributed by atoms with Crippen LogP contribution in [-0.4, -0.2) is 52.6 Å². The highest BCUT2D eigenvalue weighted by Crippen LogP contribution is 2.30. The van der Waals surface area contributed by atoms with Gasteiger partial charge in [0.15, 0.2) is 0 Å². The maximum atomic E-state index is 12.3. The highest BCUT2D eigenvalue weighted by Gasteiger charge is 2.38. The van der Waals surface area contributed by atoms with Crippen molar-refractivity contribution in [2.24, 2.45) is 0 Å². The number of rotatable bonds is 3. The number of aromatic nitrogens is 2. The first-order chi connectivity index (χ1) is 12.6. The van der Waals surface area contributed by atoms with Crippen molar-refractivity contribution in [2.75, 3.05) is 19.7 Å². The van der Waals surface area contributed by atoms with Gasteiger partial charge in [0.25, 0.3) is 11.5 Å². The summed E-state index contributed by atoms with van der Waals surface area (Å²) in [6, 6.07) is 8.06. The number of nitrogens with one attached hydrogen (secondary N) is 2. The lowest BCUT2D eigenvalue weighted by Crippen LogP contribution is -2.43. The third kappa shape index (κ3) is 3.65. The zero-order chi connectivity index (χ0) is 18.1. The Balaban J connectivity index is 1.37. The monoisotopic (exact) mass is 374 g/mol. The molecule has 2 fully saturated rings. The molecule has 3 heterocycles. The van der Waals surface area contributed by atoms with E-state index in [4.69, 9.17) is 16.3 Å². The molecule has 1 amide bonds. The Labute approximate surface area is 155 Å². The Bertz CT molecular complexity index is 834. The van der Waals surface area contributed by atoms with Gasteiger partial charge in [-0.05, 0) is 24.1 Å². The zero-order valence-electron chi connectivity index (χ0n) is 14.0. The van der Waals surface area contributed by atoms with E-state index in [0.29, 0.717) is 17.7 Å². The van der Waals surface area contributed by atoms with Gasteiger partial charge in [0.2, 0.25) is 0 Å². The molecular weight excluding hydrogens is 356 g/mol. The summed E-state index contributed by atoms with van der Waals surface area (Å²) in [5, 5.41) is 3.71. The normalized spacial score (nSPS) is 25.7. The highest BCUT2D eigenvalue weighted by molar-refractivity contribution is 6.30. The third-order valence-electron chi connectivity index (χ3n) is 4.90. The third-order valence-corrected chi connectivity index (χ3v) is 5.15. The molecule has 0 spiro atoms. The molecule has 0 aliphatic carbocycles. The molecule has 136 valence electrons. The van der Waals surface area contributed by atoms with Crippen LogP contribution in [0.25, 0.3) is 0 Å². The summed E-state index contributed by atoms with van der Waals surface area (Å²) in [6.45, 7) is 2.19. The van der Waals surface area contributed by atoms with Crippen molar-refractivity contribution in [1.82, 2.24) is 20.2 Å². The van der Waals surface area contributed by atoms with Crippen LogP contribution >= 0.6 is 11.6 Å². The summed E-state index contributed by atoms with van der Waals surface area (Å²) in [4.78, 5) is 32.0. The molecule has 4 rings (SSSR count). The number of morpholine rings is 1. The second kappa shape index (κ2) is 7.19. The number of hydrogen-bond donors (Lipinski definition) is 2. The predicted molar refractivity (Wildman–Crippen MR) is 96.2 cm³/mol. The summed E-state index contributed by atoms with van der Waals surface area (Å²) in [5.41, 5.74) is 0.993. The van der Waals surface area contributed by atoms with E-state index in [1.165, 1.54) is 6.20 Å². The molecule has 2 saturated heterocycles. The molecule has 0 radical (unpaired) electrons. The van der Waals surface area contributed by atoms with Gasteiger partial charge < -0.3 is 15.0 Å². The Hall–Kier alpha value is -2.22. The number of benzene rings is 1. The van der Waals surface area contributed by atoms with Gasteiger partial charge in [0.1, 0.15) is 5.69 Å². The Morgan fingerprint density at radius 3 is 2.85 bits per heavy atom. The van der Waals surface area contributed by atoms with Crippen molar-refractivity contribution < 1.29 is 9.53 Å². The van der Waals surface area contributed by atoms with Crippen LogP contribution in [0, 0.1) is 0 Å². The summed E-state index contributed by atoms with van der Waals surface area (Å²) < 4.78 is 6.02. The number of aromatic amines is 1.